The highest BCUT2D eigenvalue weighted by Crippen LogP contribution is 2.32. The van der Waals surface area contributed by atoms with Gasteiger partial charge in [0.25, 0.3) is 0 Å². The fourth-order valence-electron chi connectivity index (χ4n) is 1.87. The fraction of sp³-hybridized carbons (Fsp3) is 0.250. The summed E-state index contributed by atoms with van der Waals surface area (Å²) in [5, 5.41) is 6.93. The molecule has 0 aliphatic heterocycles. The molecule has 0 unspecified atom stereocenters. The first-order valence-electron chi connectivity index (χ1n) is 6.92. The first-order chi connectivity index (χ1) is 10.5. The Kier molecular flexibility index (Phi) is 5.63. The zero-order chi connectivity index (χ0) is 16.1. The molecular formula is C16H17Cl2N3O. The summed E-state index contributed by atoms with van der Waals surface area (Å²) in [4.78, 5) is 15.9. The molecule has 2 aromatic rings. The summed E-state index contributed by atoms with van der Waals surface area (Å²) in [6.45, 7) is 3.99. The average molecular weight is 338 g/mol. The molecule has 0 saturated carbocycles. The summed E-state index contributed by atoms with van der Waals surface area (Å²) in [7, 11) is 0. The third kappa shape index (κ3) is 4.61. The van der Waals surface area contributed by atoms with Gasteiger partial charge in [0, 0.05) is 6.42 Å². The average Bonchev–Trinajstić information content (AvgIpc) is 2.44. The van der Waals surface area contributed by atoms with Crippen LogP contribution >= 0.6 is 23.2 Å². The summed E-state index contributed by atoms with van der Waals surface area (Å²) in [5.41, 5.74) is 1.36. The molecule has 2 rings (SSSR count). The van der Waals surface area contributed by atoms with Gasteiger partial charge in [-0.2, -0.15) is 0 Å². The van der Waals surface area contributed by atoms with Crippen molar-refractivity contribution >= 4 is 46.3 Å². The maximum atomic E-state index is 11.7. The first kappa shape index (κ1) is 16.6. The van der Waals surface area contributed by atoms with Gasteiger partial charge >= 0.3 is 0 Å². The van der Waals surface area contributed by atoms with E-state index >= 15 is 0 Å². The monoisotopic (exact) mass is 337 g/mol. The molecule has 0 bridgehead atoms. The molecule has 0 atom stereocenters. The Labute approximate surface area is 139 Å². The van der Waals surface area contributed by atoms with Crippen molar-refractivity contribution < 1.29 is 4.79 Å². The normalized spacial score (nSPS) is 10.6. The van der Waals surface area contributed by atoms with Gasteiger partial charge in [-0.25, -0.2) is 4.98 Å². The number of anilines is 3. The molecule has 22 heavy (non-hydrogen) atoms. The quantitative estimate of drug-likeness (QED) is 0.796. The summed E-state index contributed by atoms with van der Waals surface area (Å²) in [6, 6.07) is 8.82. The van der Waals surface area contributed by atoms with Crippen LogP contribution < -0.4 is 10.6 Å². The van der Waals surface area contributed by atoms with E-state index in [-0.39, 0.29) is 5.91 Å². The second-order valence-corrected chi connectivity index (χ2v) is 6.11. The molecule has 1 heterocycles. The summed E-state index contributed by atoms with van der Waals surface area (Å²) in [6.07, 6.45) is 2.08. The number of benzene rings is 1. The Bertz CT molecular complexity index is 637. The van der Waals surface area contributed by atoms with Gasteiger partial charge in [-0.1, -0.05) is 43.1 Å². The minimum Gasteiger partial charge on any atom is -0.352 e. The summed E-state index contributed by atoms with van der Waals surface area (Å²) in [5.74, 6) is 0.780. The maximum absolute atomic E-state index is 11.7. The van der Waals surface area contributed by atoms with Crippen LogP contribution in [-0.4, -0.2) is 10.9 Å². The molecule has 0 radical (unpaired) electrons. The summed E-state index contributed by atoms with van der Waals surface area (Å²) < 4.78 is 0. The Morgan fingerprint density at radius 1 is 1.18 bits per heavy atom. The predicted molar refractivity (Wildman–Crippen MR) is 92.1 cm³/mol. The van der Waals surface area contributed by atoms with E-state index < -0.39 is 0 Å². The van der Waals surface area contributed by atoms with Crippen LogP contribution in [0.1, 0.15) is 20.3 Å². The SMILES string of the molecule is CC(C)CC(=O)Nc1ccc(Nc2c(Cl)cccc2Cl)cn1. The zero-order valence-corrected chi connectivity index (χ0v) is 13.9. The number of nitrogens with one attached hydrogen (secondary N) is 2. The van der Waals surface area contributed by atoms with Gasteiger partial charge in [-0.15, -0.1) is 0 Å². The Hall–Kier alpha value is -1.78. The van der Waals surface area contributed by atoms with E-state index in [4.69, 9.17) is 23.2 Å². The molecule has 0 spiro atoms. The van der Waals surface area contributed by atoms with E-state index in [1.807, 2.05) is 13.8 Å². The van der Waals surface area contributed by atoms with Crippen LogP contribution in [0.2, 0.25) is 10.0 Å². The lowest BCUT2D eigenvalue weighted by Gasteiger charge is -2.11. The van der Waals surface area contributed by atoms with E-state index in [2.05, 4.69) is 15.6 Å². The van der Waals surface area contributed by atoms with Crippen molar-refractivity contribution in [2.24, 2.45) is 5.92 Å². The number of pyridine rings is 1. The van der Waals surface area contributed by atoms with Gasteiger partial charge in [-0.3, -0.25) is 4.79 Å². The topological polar surface area (TPSA) is 54.0 Å². The highest BCUT2D eigenvalue weighted by molar-refractivity contribution is 6.39. The molecule has 0 fully saturated rings. The van der Waals surface area contributed by atoms with Crippen molar-refractivity contribution in [1.29, 1.82) is 0 Å². The van der Waals surface area contributed by atoms with Crippen molar-refractivity contribution in [3.8, 4) is 0 Å². The third-order valence-corrected chi connectivity index (χ3v) is 3.49. The Morgan fingerprint density at radius 3 is 2.41 bits per heavy atom. The minimum atomic E-state index is -0.0441. The number of hydrogen-bond donors (Lipinski definition) is 2. The highest BCUT2D eigenvalue weighted by atomic mass is 35.5. The van der Waals surface area contributed by atoms with Crippen LogP contribution in [0.25, 0.3) is 0 Å². The molecule has 6 heteroatoms. The van der Waals surface area contributed by atoms with E-state index in [9.17, 15) is 4.79 Å². The van der Waals surface area contributed by atoms with Crippen molar-refractivity contribution in [3.05, 3.63) is 46.6 Å². The number of rotatable bonds is 5. The number of halogens is 2. The van der Waals surface area contributed by atoms with Crippen molar-refractivity contribution in [2.75, 3.05) is 10.6 Å². The van der Waals surface area contributed by atoms with Gasteiger partial charge in [0.15, 0.2) is 0 Å². The number of aromatic nitrogens is 1. The molecular weight excluding hydrogens is 321 g/mol. The molecule has 2 N–H and O–H groups in total. The van der Waals surface area contributed by atoms with Crippen molar-refractivity contribution in [2.45, 2.75) is 20.3 Å². The summed E-state index contributed by atoms with van der Waals surface area (Å²) >= 11 is 12.2. The van der Waals surface area contributed by atoms with Crippen LogP contribution in [0.5, 0.6) is 0 Å². The first-order valence-corrected chi connectivity index (χ1v) is 7.68. The number of carbonyl (C=O) groups is 1. The minimum absolute atomic E-state index is 0.0441. The Balaban J connectivity index is 2.05. The predicted octanol–water partition coefficient (Wildman–Crippen LogP) is 5.12. The van der Waals surface area contributed by atoms with Gasteiger partial charge in [0.05, 0.1) is 27.6 Å². The molecule has 0 saturated heterocycles. The highest BCUT2D eigenvalue weighted by Gasteiger charge is 2.08. The van der Waals surface area contributed by atoms with E-state index in [1.54, 1.807) is 36.5 Å². The smallest absolute Gasteiger partial charge is 0.225 e. The van der Waals surface area contributed by atoms with Crippen LogP contribution in [0, 0.1) is 5.92 Å². The van der Waals surface area contributed by atoms with Gasteiger partial charge in [0.2, 0.25) is 5.91 Å². The van der Waals surface area contributed by atoms with Gasteiger partial charge in [-0.05, 0) is 30.2 Å². The van der Waals surface area contributed by atoms with Crippen molar-refractivity contribution in [1.82, 2.24) is 4.98 Å². The molecule has 4 nitrogen and oxygen atoms in total. The Morgan fingerprint density at radius 2 is 1.86 bits per heavy atom. The van der Waals surface area contributed by atoms with Crippen LogP contribution in [0.4, 0.5) is 17.2 Å². The molecule has 1 aromatic carbocycles. The van der Waals surface area contributed by atoms with E-state index in [0.29, 0.717) is 33.9 Å². The molecule has 0 aliphatic carbocycles. The van der Waals surface area contributed by atoms with Gasteiger partial charge in [0.1, 0.15) is 5.82 Å². The molecule has 1 aromatic heterocycles. The lowest BCUT2D eigenvalue weighted by Crippen LogP contribution is -2.14. The standard InChI is InChI=1S/C16H17Cl2N3O/c1-10(2)8-15(22)21-14-7-6-11(9-19-14)20-16-12(17)4-3-5-13(16)18/h3-7,9-10,20H,8H2,1-2H3,(H,19,21,22). The number of amides is 1. The molecule has 0 aliphatic rings. The zero-order valence-electron chi connectivity index (χ0n) is 12.4. The van der Waals surface area contributed by atoms with Crippen LogP contribution in [-0.2, 0) is 4.79 Å². The lowest BCUT2D eigenvalue weighted by molar-refractivity contribution is -0.116. The second kappa shape index (κ2) is 7.47. The maximum Gasteiger partial charge on any atom is 0.225 e. The van der Waals surface area contributed by atoms with E-state index in [0.717, 1.165) is 5.69 Å². The number of carbonyl (C=O) groups excluding carboxylic acids is 1. The van der Waals surface area contributed by atoms with Gasteiger partial charge < -0.3 is 10.6 Å². The van der Waals surface area contributed by atoms with Crippen LogP contribution in [0.15, 0.2) is 36.5 Å². The number of hydrogen-bond acceptors (Lipinski definition) is 3. The number of nitrogens with zero attached hydrogens (tertiary/aromatic N) is 1. The second-order valence-electron chi connectivity index (χ2n) is 5.30. The van der Waals surface area contributed by atoms with E-state index in [1.165, 1.54) is 0 Å². The largest absolute Gasteiger partial charge is 0.352 e. The number of para-hydroxylation sites is 1. The molecule has 116 valence electrons. The lowest BCUT2D eigenvalue weighted by atomic mass is 10.1. The van der Waals surface area contributed by atoms with Crippen molar-refractivity contribution in [3.63, 3.8) is 0 Å². The third-order valence-electron chi connectivity index (χ3n) is 2.86. The van der Waals surface area contributed by atoms with Crippen LogP contribution in [0.3, 0.4) is 0 Å². The molecule has 1 amide bonds. The fourth-order valence-corrected chi connectivity index (χ4v) is 2.36.